The van der Waals surface area contributed by atoms with Crippen LogP contribution in [-0.2, 0) is 33.8 Å². The Morgan fingerprint density at radius 3 is 2.48 bits per heavy atom. The van der Waals surface area contributed by atoms with Crippen molar-refractivity contribution >= 4 is 34.2 Å². The number of fused-ring (bicyclic) bond motifs is 1. The molecular weight excluding hydrogens is 558 g/mol. The third kappa shape index (κ3) is 6.44. The molecule has 1 aromatic carbocycles. The molecule has 1 saturated heterocycles. The molecule has 42 heavy (non-hydrogen) atoms. The molecule has 1 amide bonds. The van der Waals surface area contributed by atoms with Crippen LogP contribution in [0.2, 0.25) is 0 Å². The SMILES string of the molecule is CCc1ccc(-c2oc3nc(CN(CCCCC4(C(=O)O)CCOCC4)S(=O)O)c(C4CC4)cc3c2C(=O)NC)cc1. The molecule has 0 bridgehead atoms. The van der Waals surface area contributed by atoms with Crippen LogP contribution in [0.1, 0.15) is 85.0 Å². The molecule has 1 aliphatic heterocycles. The second-order valence-electron chi connectivity index (χ2n) is 11.3. The summed E-state index contributed by atoms with van der Waals surface area (Å²) in [6, 6.07) is 9.88. The number of amides is 1. The molecule has 226 valence electrons. The van der Waals surface area contributed by atoms with Crippen LogP contribution in [0.25, 0.3) is 22.4 Å². The molecule has 1 aliphatic carbocycles. The highest BCUT2D eigenvalue weighted by Gasteiger charge is 2.39. The predicted octanol–water partition coefficient (Wildman–Crippen LogP) is 5.28. The standard InChI is InChI=1S/C31H39N3O7S/c1-3-20-6-8-22(9-7-20)27-26(28(35)32-2)24-18-23(21-10-11-21)25(33-29(24)41-27)19-34(42(38)39)15-5-4-12-31(30(36)37)13-16-40-17-14-31/h6-9,18,21H,3-5,10-17,19H2,1-2H3,(H,32,35)(H,36,37)(H,38,39). The number of hydrogen-bond acceptors (Lipinski definition) is 6. The van der Waals surface area contributed by atoms with Gasteiger partial charge in [-0.1, -0.05) is 37.6 Å². The molecule has 5 rings (SSSR count). The summed E-state index contributed by atoms with van der Waals surface area (Å²) in [4.78, 5) is 29.9. The Kier molecular flexibility index (Phi) is 9.41. The first-order valence-corrected chi connectivity index (χ1v) is 15.8. The van der Waals surface area contributed by atoms with E-state index in [1.807, 2.05) is 30.3 Å². The van der Waals surface area contributed by atoms with E-state index in [2.05, 4.69) is 12.2 Å². The van der Waals surface area contributed by atoms with E-state index < -0.39 is 22.7 Å². The largest absolute Gasteiger partial charge is 0.481 e. The van der Waals surface area contributed by atoms with Gasteiger partial charge >= 0.3 is 5.97 Å². The first-order chi connectivity index (χ1) is 20.3. The van der Waals surface area contributed by atoms with E-state index in [0.29, 0.717) is 80.0 Å². The minimum atomic E-state index is -2.24. The van der Waals surface area contributed by atoms with E-state index in [0.717, 1.165) is 30.4 Å². The van der Waals surface area contributed by atoms with E-state index in [1.165, 1.54) is 9.87 Å². The van der Waals surface area contributed by atoms with Gasteiger partial charge in [0, 0.05) is 32.4 Å². The lowest BCUT2D eigenvalue weighted by molar-refractivity contribution is -0.155. The van der Waals surface area contributed by atoms with Gasteiger partial charge in [-0.3, -0.25) is 14.1 Å². The second kappa shape index (κ2) is 13.0. The third-order valence-electron chi connectivity index (χ3n) is 8.65. The minimum absolute atomic E-state index is 0.138. The molecule has 3 N–H and O–H groups in total. The van der Waals surface area contributed by atoms with Crippen LogP contribution in [0.5, 0.6) is 0 Å². The smallest absolute Gasteiger partial charge is 0.309 e. The van der Waals surface area contributed by atoms with Crippen molar-refractivity contribution in [2.75, 3.05) is 26.8 Å². The zero-order valence-corrected chi connectivity index (χ0v) is 25.0. The molecule has 10 nitrogen and oxygen atoms in total. The molecule has 2 fully saturated rings. The van der Waals surface area contributed by atoms with Crippen molar-refractivity contribution in [3.63, 3.8) is 0 Å². The Hall–Kier alpha value is -3.12. The summed E-state index contributed by atoms with van der Waals surface area (Å²) < 4.78 is 35.6. The molecule has 2 aliphatic rings. The molecule has 1 atom stereocenters. The maximum Gasteiger partial charge on any atom is 0.309 e. The minimum Gasteiger partial charge on any atom is -0.481 e. The van der Waals surface area contributed by atoms with Crippen molar-refractivity contribution in [3.05, 3.63) is 52.7 Å². The first kappa shape index (κ1) is 30.3. The van der Waals surface area contributed by atoms with Crippen LogP contribution in [0.4, 0.5) is 0 Å². The fourth-order valence-corrected chi connectivity index (χ4v) is 6.38. The summed E-state index contributed by atoms with van der Waals surface area (Å²) in [6.45, 7) is 3.42. The number of benzene rings is 1. The summed E-state index contributed by atoms with van der Waals surface area (Å²) in [5, 5.41) is 13.2. The number of hydrogen-bond donors (Lipinski definition) is 3. The topological polar surface area (TPSA) is 142 Å². The van der Waals surface area contributed by atoms with E-state index in [1.54, 1.807) is 7.05 Å². The number of carbonyl (C=O) groups excluding carboxylic acids is 1. The fourth-order valence-electron chi connectivity index (χ4n) is 5.86. The van der Waals surface area contributed by atoms with Crippen molar-refractivity contribution in [2.45, 2.75) is 70.8 Å². The Balaban J connectivity index is 1.40. The number of aryl methyl sites for hydroxylation is 1. The average molecular weight is 598 g/mol. The number of aromatic nitrogens is 1. The van der Waals surface area contributed by atoms with Crippen LogP contribution in [0, 0.1) is 5.41 Å². The number of pyridine rings is 1. The van der Waals surface area contributed by atoms with Crippen molar-refractivity contribution in [2.24, 2.45) is 5.41 Å². The second-order valence-corrected chi connectivity index (χ2v) is 12.3. The predicted molar refractivity (Wildman–Crippen MR) is 159 cm³/mol. The number of carboxylic acid groups (broad SMARTS) is 1. The molecule has 1 unspecified atom stereocenters. The number of furan rings is 1. The fraction of sp³-hybridized carbons (Fsp3) is 0.516. The summed E-state index contributed by atoms with van der Waals surface area (Å²) >= 11 is -2.24. The number of aliphatic carboxylic acids is 1. The van der Waals surface area contributed by atoms with E-state index >= 15 is 0 Å². The zero-order valence-electron chi connectivity index (χ0n) is 24.2. The number of nitrogens with one attached hydrogen (secondary N) is 1. The van der Waals surface area contributed by atoms with Crippen molar-refractivity contribution < 1.29 is 32.6 Å². The monoisotopic (exact) mass is 597 g/mol. The normalized spacial score (nSPS) is 17.4. The lowest BCUT2D eigenvalue weighted by atomic mass is 9.76. The molecule has 3 aromatic rings. The van der Waals surface area contributed by atoms with Gasteiger partial charge in [0.1, 0.15) is 5.76 Å². The van der Waals surface area contributed by atoms with Gasteiger partial charge in [0.15, 0.2) is 0 Å². The highest BCUT2D eigenvalue weighted by atomic mass is 32.2. The summed E-state index contributed by atoms with van der Waals surface area (Å²) in [6.07, 6.45) is 5.54. The lowest BCUT2D eigenvalue weighted by Gasteiger charge is -2.33. The summed E-state index contributed by atoms with van der Waals surface area (Å²) in [5.74, 6) is -0.340. The third-order valence-corrected chi connectivity index (χ3v) is 9.41. The molecular formula is C31H39N3O7S. The highest BCUT2D eigenvalue weighted by molar-refractivity contribution is 7.76. The molecule has 11 heteroatoms. The van der Waals surface area contributed by atoms with E-state index in [9.17, 15) is 23.5 Å². The molecule has 1 saturated carbocycles. The van der Waals surface area contributed by atoms with E-state index in [-0.39, 0.29) is 18.4 Å². The Bertz CT molecular complexity index is 1460. The number of unbranched alkanes of at least 4 members (excludes halogenated alkanes) is 1. The highest BCUT2D eigenvalue weighted by Crippen LogP contribution is 2.44. The number of carbonyl (C=O) groups is 2. The first-order valence-electron chi connectivity index (χ1n) is 14.7. The van der Waals surface area contributed by atoms with Crippen molar-refractivity contribution in [1.82, 2.24) is 14.6 Å². The average Bonchev–Trinajstić information content (AvgIpc) is 3.78. The van der Waals surface area contributed by atoms with Crippen LogP contribution in [0.15, 0.2) is 34.7 Å². The number of ether oxygens (including phenoxy) is 1. The van der Waals surface area contributed by atoms with Gasteiger partial charge in [-0.2, -0.15) is 4.31 Å². The van der Waals surface area contributed by atoms with Crippen molar-refractivity contribution in [1.29, 1.82) is 0 Å². The van der Waals surface area contributed by atoms with Gasteiger partial charge in [-0.15, -0.1) is 0 Å². The van der Waals surface area contributed by atoms with Gasteiger partial charge in [0.2, 0.25) is 17.0 Å². The number of carboxylic acids is 1. The van der Waals surface area contributed by atoms with Gasteiger partial charge < -0.3 is 19.6 Å². The molecule has 0 radical (unpaired) electrons. The van der Waals surface area contributed by atoms with Crippen LogP contribution < -0.4 is 5.32 Å². The summed E-state index contributed by atoms with van der Waals surface area (Å²) in [7, 11) is 1.59. The summed E-state index contributed by atoms with van der Waals surface area (Å²) in [5.41, 5.74) is 3.53. The molecule has 0 spiro atoms. The number of nitrogens with zero attached hydrogens (tertiary/aromatic N) is 2. The lowest BCUT2D eigenvalue weighted by Crippen LogP contribution is -2.37. The molecule has 3 heterocycles. The van der Waals surface area contributed by atoms with Crippen LogP contribution in [-0.4, -0.2) is 61.8 Å². The Morgan fingerprint density at radius 2 is 1.88 bits per heavy atom. The Labute approximate surface area is 248 Å². The van der Waals surface area contributed by atoms with Gasteiger partial charge in [-0.05, 0) is 68.1 Å². The Morgan fingerprint density at radius 1 is 1.17 bits per heavy atom. The molecule has 2 aromatic heterocycles. The maximum absolute atomic E-state index is 13.1. The van der Waals surface area contributed by atoms with Gasteiger partial charge in [-0.25, -0.2) is 9.19 Å². The zero-order chi connectivity index (χ0) is 29.9. The van der Waals surface area contributed by atoms with E-state index in [4.69, 9.17) is 14.1 Å². The van der Waals surface area contributed by atoms with Gasteiger partial charge in [0.05, 0.1) is 28.6 Å². The van der Waals surface area contributed by atoms with Crippen LogP contribution >= 0.6 is 0 Å². The van der Waals surface area contributed by atoms with Gasteiger partial charge in [0.25, 0.3) is 5.91 Å². The van der Waals surface area contributed by atoms with Crippen molar-refractivity contribution in [3.8, 4) is 11.3 Å². The quantitative estimate of drug-likeness (QED) is 0.178. The van der Waals surface area contributed by atoms with Crippen LogP contribution in [0.3, 0.4) is 0 Å². The maximum atomic E-state index is 13.1. The number of rotatable bonds is 13.